The van der Waals surface area contributed by atoms with E-state index in [1.807, 2.05) is 81.4 Å². The zero-order valence-corrected chi connectivity index (χ0v) is 26.3. The van der Waals surface area contributed by atoms with Crippen LogP contribution in [0, 0.1) is 0 Å². The molecule has 0 aromatic heterocycles. The molecule has 0 aliphatic carbocycles. The van der Waals surface area contributed by atoms with Crippen molar-refractivity contribution < 1.29 is 28.6 Å². The Morgan fingerprint density at radius 2 is 1.39 bits per heavy atom. The lowest BCUT2D eigenvalue weighted by Gasteiger charge is -2.34. The normalized spacial score (nSPS) is 15.5. The molecule has 0 unspecified atom stereocenters. The van der Waals surface area contributed by atoms with Crippen LogP contribution in [0.2, 0.25) is 0 Å². The topological polar surface area (TPSA) is 97.4 Å². The Labute approximate surface area is 259 Å². The molecule has 0 saturated carbocycles. The molecule has 3 aromatic rings. The van der Waals surface area contributed by atoms with E-state index in [1.165, 1.54) is 0 Å². The lowest BCUT2D eigenvalue weighted by Crippen LogP contribution is -2.41. The zero-order valence-electron chi connectivity index (χ0n) is 26.3. The summed E-state index contributed by atoms with van der Waals surface area (Å²) in [5.41, 5.74) is 2.48. The van der Waals surface area contributed by atoms with Crippen LogP contribution < -0.4 is 10.1 Å². The highest BCUT2D eigenvalue weighted by molar-refractivity contribution is 6.08. The molecular formula is C35H41N3O6. The van der Waals surface area contributed by atoms with Crippen LogP contribution in [0.3, 0.4) is 0 Å². The molecule has 0 spiro atoms. The van der Waals surface area contributed by atoms with Crippen molar-refractivity contribution in [3.63, 3.8) is 0 Å². The maximum Gasteiger partial charge on any atom is 0.417 e. The van der Waals surface area contributed by atoms with E-state index >= 15 is 0 Å². The van der Waals surface area contributed by atoms with Gasteiger partial charge < -0.3 is 24.4 Å². The van der Waals surface area contributed by atoms with Crippen LogP contribution in [0.4, 0.5) is 21.0 Å². The van der Waals surface area contributed by atoms with Gasteiger partial charge in [0.1, 0.15) is 22.7 Å². The molecule has 1 saturated heterocycles. The SMILES string of the molecule is CC(C)(C)OC(=O)N1CCC(c2cc(Nc3ccc(Oc4ccccc4)cc3)c3c(c2)C(=O)N(C(=O)OC(C)(C)C)C3)CC1. The third-order valence-corrected chi connectivity index (χ3v) is 7.41. The van der Waals surface area contributed by atoms with Crippen molar-refractivity contribution in [1.82, 2.24) is 9.80 Å². The Balaban J connectivity index is 1.39. The van der Waals surface area contributed by atoms with E-state index in [0.29, 0.717) is 24.4 Å². The number of nitrogens with one attached hydrogen (secondary N) is 1. The molecule has 1 fully saturated rings. The molecule has 3 aromatic carbocycles. The summed E-state index contributed by atoms with van der Waals surface area (Å²) in [6, 6.07) is 21.1. The summed E-state index contributed by atoms with van der Waals surface area (Å²) in [4.78, 5) is 42.1. The van der Waals surface area contributed by atoms with Crippen LogP contribution >= 0.6 is 0 Å². The minimum absolute atomic E-state index is 0.109. The maximum atomic E-state index is 13.6. The number of ether oxygens (including phenoxy) is 3. The fourth-order valence-corrected chi connectivity index (χ4v) is 5.35. The molecule has 0 atom stereocenters. The highest BCUT2D eigenvalue weighted by Crippen LogP contribution is 2.38. The summed E-state index contributed by atoms with van der Waals surface area (Å²) in [6.07, 6.45) is 0.481. The van der Waals surface area contributed by atoms with E-state index in [9.17, 15) is 14.4 Å². The van der Waals surface area contributed by atoms with Crippen molar-refractivity contribution in [2.24, 2.45) is 0 Å². The number of amides is 3. The average Bonchev–Trinajstić information content (AvgIpc) is 3.29. The van der Waals surface area contributed by atoms with E-state index < -0.39 is 17.3 Å². The number of anilines is 2. The van der Waals surface area contributed by atoms with Gasteiger partial charge >= 0.3 is 12.2 Å². The lowest BCUT2D eigenvalue weighted by atomic mass is 9.87. The first-order chi connectivity index (χ1) is 20.8. The van der Waals surface area contributed by atoms with Crippen LogP contribution in [-0.4, -0.2) is 52.2 Å². The van der Waals surface area contributed by atoms with E-state index in [0.717, 1.165) is 46.0 Å². The number of fused-ring (bicyclic) bond motifs is 1. The quantitative estimate of drug-likeness (QED) is 0.315. The van der Waals surface area contributed by atoms with Crippen molar-refractivity contribution >= 4 is 29.5 Å². The number of likely N-dealkylation sites (tertiary alicyclic amines) is 1. The molecular weight excluding hydrogens is 558 g/mol. The molecule has 9 nitrogen and oxygen atoms in total. The highest BCUT2D eigenvalue weighted by Gasteiger charge is 2.38. The molecule has 2 aliphatic rings. The molecule has 44 heavy (non-hydrogen) atoms. The number of carbonyl (C=O) groups excluding carboxylic acids is 3. The third kappa shape index (κ3) is 7.51. The molecule has 232 valence electrons. The zero-order chi connectivity index (χ0) is 31.6. The number of hydrogen-bond donors (Lipinski definition) is 1. The van der Waals surface area contributed by atoms with Gasteiger partial charge in [-0.1, -0.05) is 18.2 Å². The number of carbonyl (C=O) groups is 3. The Kier molecular flexibility index (Phi) is 8.59. The van der Waals surface area contributed by atoms with Gasteiger partial charge in [-0.15, -0.1) is 0 Å². The monoisotopic (exact) mass is 599 g/mol. The second-order valence-electron chi connectivity index (χ2n) is 13.3. The van der Waals surface area contributed by atoms with Gasteiger partial charge in [0.2, 0.25) is 0 Å². The molecule has 1 N–H and O–H groups in total. The second-order valence-corrected chi connectivity index (χ2v) is 13.3. The Morgan fingerprint density at radius 3 is 2.00 bits per heavy atom. The molecule has 2 aliphatic heterocycles. The molecule has 5 rings (SSSR count). The number of para-hydroxylation sites is 1. The number of nitrogens with zero attached hydrogens (tertiary/aromatic N) is 2. The Hall–Kier alpha value is -4.53. The highest BCUT2D eigenvalue weighted by atomic mass is 16.6. The minimum atomic E-state index is -0.732. The first-order valence-electron chi connectivity index (χ1n) is 15.1. The lowest BCUT2D eigenvalue weighted by molar-refractivity contribution is 0.0201. The van der Waals surface area contributed by atoms with Crippen LogP contribution in [0.15, 0.2) is 66.7 Å². The van der Waals surface area contributed by atoms with Crippen molar-refractivity contribution in [3.8, 4) is 11.5 Å². The van der Waals surface area contributed by atoms with Gasteiger partial charge in [0.25, 0.3) is 5.91 Å². The fourth-order valence-electron chi connectivity index (χ4n) is 5.35. The predicted octanol–water partition coefficient (Wildman–Crippen LogP) is 8.23. The summed E-state index contributed by atoms with van der Waals surface area (Å²) in [5, 5.41) is 3.48. The second kappa shape index (κ2) is 12.2. The van der Waals surface area contributed by atoms with Gasteiger partial charge in [0.05, 0.1) is 6.54 Å². The van der Waals surface area contributed by atoms with Gasteiger partial charge in [-0.25, -0.2) is 14.5 Å². The van der Waals surface area contributed by atoms with Crippen LogP contribution in [0.1, 0.15) is 81.8 Å². The predicted molar refractivity (Wildman–Crippen MR) is 169 cm³/mol. The standard InChI is InChI=1S/C35H41N3O6/c1-34(2,3)43-32(40)37-18-16-23(17-19-37)24-20-28-29(22-38(31(28)39)33(41)44-35(4,5)6)30(21-24)36-25-12-14-27(15-13-25)42-26-10-8-7-9-11-26/h7-15,20-21,23,36H,16-19,22H2,1-6H3. The Morgan fingerprint density at radius 1 is 0.795 bits per heavy atom. The van der Waals surface area contributed by atoms with E-state index in [1.54, 1.807) is 25.7 Å². The van der Waals surface area contributed by atoms with Gasteiger partial charge in [-0.2, -0.15) is 0 Å². The average molecular weight is 600 g/mol. The summed E-state index contributed by atoms with van der Waals surface area (Å²) in [7, 11) is 0. The fraction of sp³-hybridized carbons (Fsp3) is 0.400. The number of imide groups is 1. The van der Waals surface area contributed by atoms with E-state index in [-0.39, 0.29) is 24.5 Å². The summed E-state index contributed by atoms with van der Waals surface area (Å²) >= 11 is 0. The first kappa shape index (κ1) is 30.9. The number of rotatable bonds is 5. The van der Waals surface area contributed by atoms with Gasteiger partial charge in [-0.3, -0.25) is 4.79 Å². The molecule has 9 heteroatoms. The molecule has 3 amide bonds. The minimum Gasteiger partial charge on any atom is -0.457 e. The number of piperidine rings is 1. The summed E-state index contributed by atoms with van der Waals surface area (Å²) in [5.74, 6) is 1.20. The molecule has 0 radical (unpaired) electrons. The van der Waals surface area contributed by atoms with Crippen molar-refractivity contribution in [2.45, 2.75) is 78.0 Å². The largest absolute Gasteiger partial charge is 0.457 e. The number of hydrogen-bond acceptors (Lipinski definition) is 7. The molecule has 0 bridgehead atoms. The van der Waals surface area contributed by atoms with Crippen LogP contribution in [0.25, 0.3) is 0 Å². The van der Waals surface area contributed by atoms with Crippen LogP contribution in [-0.2, 0) is 16.0 Å². The van der Waals surface area contributed by atoms with E-state index in [2.05, 4.69) is 11.4 Å². The smallest absolute Gasteiger partial charge is 0.417 e. The van der Waals surface area contributed by atoms with Gasteiger partial charge in [-0.05, 0) is 114 Å². The summed E-state index contributed by atoms with van der Waals surface area (Å²) in [6.45, 7) is 12.1. The van der Waals surface area contributed by atoms with Crippen LogP contribution in [0.5, 0.6) is 11.5 Å². The number of benzene rings is 3. The first-order valence-corrected chi connectivity index (χ1v) is 15.1. The van der Waals surface area contributed by atoms with E-state index in [4.69, 9.17) is 14.2 Å². The van der Waals surface area contributed by atoms with Crippen molar-refractivity contribution in [3.05, 3.63) is 83.4 Å². The van der Waals surface area contributed by atoms with Gasteiger partial charge in [0.15, 0.2) is 0 Å². The van der Waals surface area contributed by atoms with Gasteiger partial charge in [0, 0.05) is 35.6 Å². The Bertz CT molecular complexity index is 1510. The third-order valence-electron chi connectivity index (χ3n) is 7.41. The maximum absolute atomic E-state index is 13.6. The summed E-state index contributed by atoms with van der Waals surface area (Å²) < 4.78 is 17.0. The van der Waals surface area contributed by atoms with Crippen molar-refractivity contribution in [1.29, 1.82) is 0 Å². The van der Waals surface area contributed by atoms with Crippen molar-refractivity contribution in [2.75, 3.05) is 18.4 Å². The molecule has 2 heterocycles.